The Labute approximate surface area is 131 Å². The van der Waals surface area contributed by atoms with Crippen LogP contribution in [0.15, 0.2) is 17.3 Å². The Morgan fingerprint density at radius 3 is 2.38 bits per heavy atom. The van der Waals surface area contributed by atoms with Gasteiger partial charge in [-0.05, 0) is 52.9 Å². The van der Waals surface area contributed by atoms with Gasteiger partial charge in [-0.15, -0.1) is 11.8 Å². The summed E-state index contributed by atoms with van der Waals surface area (Å²) >= 11 is 1.59. The summed E-state index contributed by atoms with van der Waals surface area (Å²) in [7, 11) is -0.431. The smallest absolute Gasteiger partial charge is 0.491 e. The summed E-state index contributed by atoms with van der Waals surface area (Å²) < 4.78 is 18.4. The minimum absolute atomic E-state index is 0.336. The van der Waals surface area contributed by atoms with E-state index >= 15 is 0 Å². The molecule has 2 heterocycles. The molecule has 0 amide bonds. The number of thioether (sulfide) groups is 1. The summed E-state index contributed by atoms with van der Waals surface area (Å²) in [6, 6.07) is 1.92. The quantitative estimate of drug-likeness (QED) is 0.632. The second-order valence-electron chi connectivity index (χ2n) is 6.64. The molecule has 0 N–H and O–H groups in total. The van der Waals surface area contributed by atoms with Crippen LogP contribution in [-0.2, 0) is 9.31 Å². The lowest BCUT2D eigenvalue weighted by Gasteiger charge is -2.32. The molecular weight excluding hydrogens is 285 g/mol. The van der Waals surface area contributed by atoms with Gasteiger partial charge < -0.3 is 14.0 Å². The molecule has 2 aliphatic rings. The van der Waals surface area contributed by atoms with Crippen LogP contribution in [0, 0.1) is 0 Å². The van der Waals surface area contributed by atoms with E-state index in [2.05, 4.69) is 32.7 Å². The number of rotatable bonds is 4. The summed E-state index contributed by atoms with van der Waals surface area (Å²) in [5, 5.41) is 0.909. The van der Waals surface area contributed by atoms with Crippen molar-refractivity contribution in [1.82, 2.24) is 4.98 Å². The van der Waals surface area contributed by atoms with Gasteiger partial charge >= 0.3 is 7.12 Å². The maximum absolute atomic E-state index is 6.18. The van der Waals surface area contributed by atoms with Crippen LogP contribution in [-0.4, -0.2) is 35.7 Å². The first kappa shape index (κ1) is 15.2. The van der Waals surface area contributed by atoms with Crippen molar-refractivity contribution in [2.45, 2.75) is 62.9 Å². The van der Waals surface area contributed by atoms with Crippen LogP contribution in [0.2, 0.25) is 0 Å². The molecule has 4 nitrogen and oxygen atoms in total. The van der Waals surface area contributed by atoms with Gasteiger partial charge in [0.25, 0.3) is 0 Å². The molecule has 0 radical (unpaired) electrons. The van der Waals surface area contributed by atoms with Gasteiger partial charge in [-0.3, -0.25) is 4.98 Å². The van der Waals surface area contributed by atoms with Crippen LogP contribution >= 0.6 is 11.8 Å². The monoisotopic (exact) mass is 307 g/mol. The average Bonchev–Trinajstić information content (AvgIpc) is 3.17. The van der Waals surface area contributed by atoms with Crippen LogP contribution in [0.5, 0.6) is 5.75 Å². The van der Waals surface area contributed by atoms with Crippen molar-refractivity contribution in [2.75, 3.05) is 6.26 Å². The number of ether oxygens (including phenoxy) is 1. The van der Waals surface area contributed by atoms with E-state index in [4.69, 9.17) is 14.0 Å². The second kappa shape index (κ2) is 5.18. The Hall–Kier alpha value is -0.715. The van der Waals surface area contributed by atoms with Crippen LogP contribution < -0.4 is 10.2 Å². The van der Waals surface area contributed by atoms with E-state index in [-0.39, 0.29) is 11.2 Å². The Kier molecular flexibility index (Phi) is 3.75. The third kappa shape index (κ3) is 2.81. The lowest BCUT2D eigenvalue weighted by molar-refractivity contribution is 0.00578. The molecule has 1 aromatic heterocycles. The van der Waals surface area contributed by atoms with Crippen molar-refractivity contribution < 1.29 is 14.0 Å². The first-order chi connectivity index (χ1) is 9.84. The highest BCUT2D eigenvalue weighted by molar-refractivity contribution is 7.98. The first-order valence-corrected chi connectivity index (χ1v) is 8.62. The molecule has 3 rings (SSSR count). The van der Waals surface area contributed by atoms with E-state index in [1.165, 1.54) is 0 Å². The molecule has 1 aliphatic carbocycles. The Morgan fingerprint density at radius 2 is 1.86 bits per heavy atom. The zero-order valence-corrected chi connectivity index (χ0v) is 14.1. The van der Waals surface area contributed by atoms with Crippen LogP contribution in [0.4, 0.5) is 0 Å². The zero-order valence-electron chi connectivity index (χ0n) is 13.3. The summed E-state index contributed by atoms with van der Waals surface area (Å²) in [5.74, 6) is 0.843. The topological polar surface area (TPSA) is 40.6 Å². The van der Waals surface area contributed by atoms with Crippen LogP contribution in [0.3, 0.4) is 0 Å². The van der Waals surface area contributed by atoms with Gasteiger partial charge in [0.05, 0.1) is 27.8 Å². The van der Waals surface area contributed by atoms with Gasteiger partial charge in [0, 0.05) is 6.20 Å². The summed E-state index contributed by atoms with van der Waals surface area (Å²) in [6.07, 6.45) is 6.39. The van der Waals surface area contributed by atoms with Gasteiger partial charge in [-0.2, -0.15) is 0 Å². The van der Waals surface area contributed by atoms with Crippen molar-refractivity contribution in [1.29, 1.82) is 0 Å². The maximum atomic E-state index is 6.18. The Balaban J connectivity index is 1.97. The summed E-state index contributed by atoms with van der Waals surface area (Å²) in [4.78, 5) is 4.45. The first-order valence-electron chi connectivity index (χ1n) is 7.39. The maximum Gasteiger partial charge on any atom is 0.501 e. The lowest BCUT2D eigenvalue weighted by atomic mass is 9.79. The van der Waals surface area contributed by atoms with Crippen molar-refractivity contribution in [2.24, 2.45) is 0 Å². The van der Waals surface area contributed by atoms with Gasteiger partial charge in [-0.1, -0.05) is 0 Å². The summed E-state index contributed by atoms with van der Waals surface area (Å²) in [5.41, 5.74) is 0.204. The Morgan fingerprint density at radius 1 is 1.24 bits per heavy atom. The molecule has 0 atom stereocenters. The molecule has 1 saturated heterocycles. The SMILES string of the molecule is CSc1nccc(OC2CC2)c1B1OC(C)(C)C(C)(C)O1. The number of pyridine rings is 1. The van der Waals surface area contributed by atoms with Gasteiger partial charge in [0.1, 0.15) is 5.75 Å². The zero-order chi connectivity index (χ0) is 15.3. The third-order valence-electron chi connectivity index (χ3n) is 4.41. The van der Waals surface area contributed by atoms with Crippen LogP contribution in [0.1, 0.15) is 40.5 Å². The van der Waals surface area contributed by atoms with E-state index in [9.17, 15) is 0 Å². The lowest BCUT2D eigenvalue weighted by Crippen LogP contribution is -2.41. The molecule has 2 fully saturated rings. The highest BCUT2D eigenvalue weighted by Gasteiger charge is 2.53. The molecule has 0 bridgehead atoms. The minimum Gasteiger partial charge on any atom is -0.491 e. The van der Waals surface area contributed by atoms with Gasteiger partial charge in [0.2, 0.25) is 0 Å². The van der Waals surface area contributed by atoms with Crippen molar-refractivity contribution in [3.63, 3.8) is 0 Å². The summed E-state index contributed by atoms with van der Waals surface area (Å²) in [6.45, 7) is 8.24. The molecule has 21 heavy (non-hydrogen) atoms. The minimum atomic E-state index is -0.431. The fourth-order valence-corrected chi connectivity index (χ4v) is 2.83. The molecule has 114 valence electrons. The highest BCUT2D eigenvalue weighted by Crippen LogP contribution is 2.38. The largest absolute Gasteiger partial charge is 0.501 e. The van der Waals surface area contributed by atoms with Crippen molar-refractivity contribution >= 4 is 24.3 Å². The van der Waals surface area contributed by atoms with E-state index in [1.807, 2.05) is 12.3 Å². The fourth-order valence-electron chi connectivity index (χ4n) is 2.25. The average molecular weight is 307 g/mol. The Bertz CT molecular complexity index is 530. The van der Waals surface area contributed by atoms with E-state index in [0.717, 1.165) is 29.1 Å². The van der Waals surface area contributed by atoms with E-state index < -0.39 is 7.12 Å². The highest BCUT2D eigenvalue weighted by atomic mass is 32.2. The molecule has 1 saturated carbocycles. The normalized spacial score (nSPS) is 23.4. The van der Waals surface area contributed by atoms with E-state index in [0.29, 0.717) is 6.10 Å². The fraction of sp³-hybridized carbons (Fsp3) is 0.667. The molecule has 0 spiro atoms. The number of nitrogens with zero attached hydrogens (tertiary/aromatic N) is 1. The molecular formula is C15H22BNO3S. The number of hydrogen-bond acceptors (Lipinski definition) is 5. The number of hydrogen-bond donors (Lipinski definition) is 0. The third-order valence-corrected chi connectivity index (χ3v) is 5.13. The van der Waals surface area contributed by atoms with Gasteiger partial charge in [-0.25, -0.2) is 0 Å². The molecule has 6 heteroatoms. The molecule has 1 aromatic rings. The predicted molar refractivity (Wildman–Crippen MR) is 85.4 cm³/mol. The van der Waals surface area contributed by atoms with E-state index in [1.54, 1.807) is 18.0 Å². The molecule has 1 aliphatic heterocycles. The molecule has 0 unspecified atom stereocenters. The number of aromatic nitrogens is 1. The van der Waals surface area contributed by atoms with Crippen LogP contribution in [0.25, 0.3) is 0 Å². The predicted octanol–water partition coefficient (Wildman–Crippen LogP) is 2.64. The second-order valence-corrected chi connectivity index (χ2v) is 7.43. The van der Waals surface area contributed by atoms with Crippen molar-refractivity contribution in [3.05, 3.63) is 12.3 Å². The van der Waals surface area contributed by atoms with Gasteiger partial charge in [0.15, 0.2) is 0 Å². The molecule has 0 aromatic carbocycles. The van der Waals surface area contributed by atoms with Crippen molar-refractivity contribution in [3.8, 4) is 5.75 Å². The standard InChI is InChI=1S/C15H22BNO3S/c1-14(2)15(3,4)20-16(19-14)12-11(18-10-6-7-10)8-9-17-13(12)21-5/h8-10H,6-7H2,1-5H3.